The first kappa shape index (κ1) is 19.6. The molecular weight excluding hydrogens is 358 g/mol. The van der Waals surface area contributed by atoms with E-state index in [1.54, 1.807) is 34.6 Å². The molecule has 148 valence electrons. The van der Waals surface area contributed by atoms with Gasteiger partial charge in [-0.3, -0.25) is 4.90 Å². The van der Waals surface area contributed by atoms with Gasteiger partial charge in [0.05, 0.1) is 18.2 Å². The number of carbonyl (C=O) groups is 1. The number of aliphatic hydroxyl groups is 1. The number of fused-ring (bicyclic) bond motifs is 1. The van der Waals surface area contributed by atoms with Gasteiger partial charge < -0.3 is 19.6 Å². The van der Waals surface area contributed by atoms with Crippen molar-refractivity contribution in [1.82, 2.24) is 9.88 Å². The normalized spacial score (nSPS) is 20.9. The van der Waals surface area contributed by atoms with Crippen molar-refractivity contribution in [3.63, 3.8) is 0 Å². The van der Waals surface area contributed by atoms with Crippen molar-refractivity contribution >= 4 is 17.0 Å². The molecule has 1 aromatic heterocycles. The van der Waals surface area contributed by atoms with Crippen molar-refractivity contribution in [2.75, 3.05) is 6.61 Å². The monoisotopic (exact) mass is 382 g/mol. The van der Waals surface area contributed by atoms with Gasteiger partial charge in [-0.2, -0.15) is 0 Å². The molecule has 2 heterocycles. The van der Waals surface area contributed by atoms with Crippen LogP contribution >= 0.6 is 0 Å². The van der Waals surface area contributed by atoms with E-state index in [4.69, 9.17) is 9.47 Å². The van der Waals surface area contributed by atoms with Crippen molar-refractivity contribution in [3.05, 3.63) is 35.5 Å². The summed E-state index contributed by atoms with van der Waals surface area (Å²) in [6.07, 6.45) is -0.501. The fourth-order valence-electron chi connectivity index (χ4n) is 3.36. The lowest BCUT2D eigenvalue weighted by Gasteiger charge is -2.36. The Balaban J connectivity index is 2.01. The van der Waals surface area contributed by atoms with Gasteiger partial charge in [-0.15, -0.1) is 0 Å². The van der Waals surface area contributed by atoms with Crippen LogP contribution in [0.15, 0.2) is 18.3 Å². The zero-order valence-corrected chi connectivity index (χ0v) is 16.0. The van der Waals surface area contributed by atoms with Crippen LogP contribution in [0.1, 0.15) is 46.3 Å². The molecule has 0 spiro atoms. The standard InChI is InChI=1S/C19H24F2N2O4/c1-18(2,3)27-17(25)23-13(9-26-19(23,4)5)16(24)11-8-12(20)14(21)10-6-7-22-15(10)11/h6-8,13,16,22,24H,9H2,1-5H3/t13-,16?/m0/s1. The topological polar surface area (TPSA) is 74.8 Å². The summed E-state index contributed by atoms with van der Waals surface area (Å²) < 4.78 is 39.1. The number of halogens is 2. The molecule has 8 heteroatoms. The van der Waals surface area contributed by atoms with Gasteiger partial charge in [-0.05, 0) is 46.8 Å². The SMILES string of the molecule is CC(C)(C)OC(=O)N1[C@H](C(O)c2cc(F)c(F)c3cc[nH]c23)COC1(C)C. The Hall–Kier alpha value is -2.19. The molecule has 1 aromatic carbocycles. The van der Waals surface area contributed by atoms with Crippen molar-refractivity contribution in [3.8, 4) is 0 Å². The molecule has 2 N–H and O–H groups in total. The van der Waals surface area contributed by atoms with Gasteiger partial charge >= 0.3 is 6.09 Å². The molecule has 3 rings (SSSR count). The zero-order valence-electron chi connectivity index (χ0n) is 16.0. The maximum Gasteiger partial charge on any atom is 0.413 e. The summed E-state index contributed by atoms with van der Waals surface area (Å²) in [6, 6.07) is 1.51. The molecule has 0 aliphatic carbocycles. The third-order valence-corrected chi connectivity index (χ3v) is 4.56. The molecule has 1 amide bonds. The van der Waals surface area contributed by atoms with E-state index >= 15 is 0 Å². The second kappa shape index (κ2) is 6.45. The first-order valence-corrected chi connectivity index (χ1v) is 8.72. The molecule has 2 atom stereocenters. The average molecular weight is 382 g/mol. The van der Waals surface area contributed by atoms with Crippen molar-refractivity contribution < 1.29 is 28.2 Å². The quantitative estimate of drug-likeness (QED) is 0.827. The number of ether oxygens (including phenoxy) is 2. The summed E-state index contributed by atoms with van der Waals surface area (Å²) >= 11 is 0. The molecule has 0 bridgehead atoms. The van der Waals surface area contributed by atoms with Crippen molar-refractivity contribution in [2.45, 2.75) is 58.1 Å². The molecule has 2 aromatic rings. The summed E-state index contributed by atoms with van der Waals surface area (Å²) in [7, 11) is 0. The van der Waals surface area contributed by atoms with E-state index < -0.39 is 41.2 Å². The Kier molecular flexibility index (Phi) is 4.68. The van der Waals surface area contributed by atoms with Gasteiger partial charge in [0.1, 0.15) is 17.4 Å². The van der Waals surface area contributed by atoms with Crippen LogP contribution in [0.2, 0.25) is 0 Å². The van der Waals surface area contributed by atoms with Crippen LogP contribution in [0.4, 0.5) is 13.6 Å². The Labute approximate surface area is 156 Å². The summed E-state index contributed by atoms with van der Waals surface area (Å²) in [5.41, 5.74) is -1.34. The smallest absolute Gasteiger partial charge is 0.413 e. The van der Waals surface area contributed by atoms with Gasteiger partial charge in [0.15, 0.2) is 11.6 Å². The molecule has 1 aliphatic rings. The highest BCUT2D eigenvalue weighted by Crippen LogP contribution is 2.38. The highest BCUT2D eigenvalue weighted by molar-refractivity contribution is 5.84. The molecule has 1 aliphatic heterocycles. The van der Waals surface area contributed by atoms with E-state index in [2.05, 4.69) is 4.98 Å². The molecule has 6 nitrogen and oxygen atoms in total. The van der Waals surface area contributed by atoms with E-state index in [1.807, 2.05) is 0 Å². The van der Waals surface area contributed by atoms with Crippen LogP contribution in [0.3, 0.4) is 0 Å². The predicted molar refractivity (Wildman–Crippen MR) is 95.1 cm³/mol. The lowest BCUT2D eigenvalue weighted by Crippen LogP contribution is -2.51. The fraction of sp³-hybridized carbons (Fsp3) is 0.526. The lowest BCUT2D eigenvalue weighted by atomic mass is 9.98. The Morgan fingerprint density at radius 2 is 2.11 bits per heavy atom. The van der Waals surface area contributed by atoms with Crippen molar-refractivity contribution in [1.29, 1.82) is 0 Å². The minimum atomic E-state index is -1.31. The molecule has 1 fully saturated rings. The van der Waals surface area contributed by atoms with E-state index in [0.29, 0.717) is 0 Å². The van der Waals surface area contributed by atoms with E-state index in [-0.39, 0.29) is 23.1 Å². The van der Waals surface area contributed by atoms with Crippen LogP contribution in [0.5, 0.6) is 0 Å². The van der Waals surface area contributed by atoms with Gasteiger partial charge in [-0.25, -0.2) is 13.6 Å². The third-order valence-electron chi connectivity index (χ3n) is 4.56. The number of aromatic nitrogens is 1. The van der Waals surface area contributed by atoms with Crippen molar-refractivity contribution in [2.24, 2.45) is 0 Å². The summed E-state index contributed by atoms with van der Waals surface area (Å²) in [4.78, 5) is 16.9. The number of hydrogen-bond acceptors (Lipinski definition) is 4. The molecule has 0 radical (unpaired) electrons. The summed E-state index contributed by atoms with van der Waals surface area (Å²) in [5.74, 6) is -2.06. The Morgan fingerprint density at radius 3 is 2.74 bits per heavy atom. The van der Waals surface area contributed by atoms with Gasteiger partial charge in [0.25, 0.3) is 0 Å². The molecule has 27 heavy (non-hydrogen) atoms. The second-order valence-electron chi connectivity index (χ2n) is 8.15. The minimum absolute atomic E-state index is 0.0224. The minimum Gasteiger partial charge on any atom is -0.444 e. The average Bonchev–Trinajstić information content (AvgIpc) is 3.12. The Morgan fingerprint density at radius 1 is 1.44 bits per heavy atom. The summed E-state index contributed by atoms with van der Waals surface area (Å²) in [5, 5.41) is 11.0. The van der Waals surface area contributed by atoms with Crippen LogP contribution in [0, 0.1) is 11.6 Å². The van der Waals surface area contributed by atoms with Gasteiger partial charge in [-0.1, -0.05) is 0 Å². The van der Waals surface area contributed by atoms with Gasteiger partial charge in [0.2, 0.25) is 0 Å². The Bertz CT molecular complexity index is 872. The molecule has 1 saturated heterocycles. The third kappa shape index (κ3) is 3.51. The number of amides is 1. The van der Waals surface area contributed by atoms with Crippen LogP contribution < -0.4 is 0 Å². The number of nitrogens with one attached hydrogen (secondary N) is 1. The largest absolute Gasteiger partial charge is 0.444 e. The van der Waals surface area contributed by atoms with E-state index in [0.717, 1.165) is 6.07 Å². The molecule has 0 saturated carbocycles. The number of carbonyl (C=O) groups excluding carboxylic acids is 1. The number of aromatic amines is 1. The predicted octanol–water partition coefficient (Wildman–Crippen LogP) is 3.85. The second-order valence-corrected chi connectivity index (χ2v) is 8.15. The van der Waals surface area contributed by atoms with Crippen LogP contribution in [-0.2, 0) is 9.47 Å². The first-order valence-electron chi connectivity index (χ1n) is 8.72. The zero-order chi connectivity index (χ0) is 20.1. The van der Waals surface area contributed by atoms with Gasteiger partial charge in [0, 0.05) is 17.1 Å². The fourth-order valence-corrected chi connectivity index (χ4v) is 3.36. The lowest BCUT2D eigenvalue weighted by molar-refractivity contribution is -0.0679. The molecular formula is C19H24F2N2O4. The number of hydrogen-bond donors (Lipinski definition) is 2. The van der Waals surface area contributed by atoms with E-state index in [9.17, 15) is 18.7 Å². The number of nitrogens with zero attached hydrogens (tertiary/aromatic N) is 1. The number of rotatable bonds is 2. The van der Waals surface area contributed by atoms with E-state index in [1.165, 1.54) is 17.2 Å². The summed E-state index contributed by atoms with van der Waals surface area (Å²) in [6.45, 7) is 8.58. The number of benzene rings is 1. The maximum atomic E-state index is 14.0. The first-order chi connectivity index (χ1) is 12.4. The highest BCUT2D eigenvalue weighted by atomic mass is 19.2. The maximum absolute atomic E-state index is 14.0. The van der Waals surface area contributed by atoms with Crippen LogP contribution in [0.25, 0.3) is 10.9 Å². The molecule has 1 unspecified atom stereocenters. The number of H-pyrrole nitrogens is 1. The van der Waals surface area contributed by atoms with Crippen LogP contribution in [-0.4, -0.2) is 45.1 Å². The highest BCUT2D eigenvalue weighted by Gasteiger charge is 2.49. The number of aliphatic hydroxyl groups excluding tert-OH is 1.